The Hall–Kier alpha value is -3.20. The highest BCUT2D eigenvalue weighted by atomic mass is 16.1. The molecule has 1 amide bonds. The zero-order chi connectivity index (χ0) is 17.3. The highest BCUT2D eigenvalue weighted by Crippen LogP contribution is 2.21. The van der Waals surface area contributed by atoms with E-state index in [4.69, 9.17) is 5.26 Å². The van der Waals surface area contributed by atoms with E-state index in [0.717, 1.165) is 22.3 Å². The third-order valence-corrected chi connectivity index (χ3v) is 3.85. The molecule has 0 saturated heterocycles. The Bertz CT molecular complexity index is 981. The van der Waals surface area contributed by atoms with Crippen molar-refractivity contribution in [2.75, 3.05) is 0 Å². The number of nitriles is 1. The molecule has 0 saturated carbocycles. The van der Waals surface area contributed by atoms with Crippen LogP contribution in [0, 0.1) is 25.2 Å². The van der Waals surface area contributed by atoms with E-state index in [-0.39, 0.29) is 5.91 Å². The van der Waals surface area contributed by atoms with Crippen LogP contribution in [0.1, 0.15) is 32.9 Å². The molecule has 120 valence electrons. The molecule has 0 aliphatic rings. The highest BCUT2D eigenvalue weighted by molar-refractivity contribution is 6.06. The molecule has 0 radical (unpaired) electrons. The van der Waals surface area contributed by atoms with Gasteiger partial charge in [-0.15, -0.1) is 0 Å². The molecule has 1 N–H and O–H groups in total. The third kappa shape index (κ3) is 2.84. The topological polar surface area (TPSA) is 83.6 Å². The average Bonchev–Trinajstić information content (AvgIpc) is 2.86. The molecule has 6 nitrogen and oxygen atoms in total. The van der Waals surface area contributed by atoms with Crippen molar-refractivity contribution in [2.45, 2.75) is 20.4 Å². The molecule has 0 bridgehead atoms. The maximum Gasteiger partial charge on any atom is 0.252 e. The number of amides is 1. The first-order valence-corrected chi connectivity index (χ1v) is 7.58. The number of rotatable bonds is 3. The van der Waals surface area contributed by atoms with E-state index in [1.165, 1.54) is 0 Å². The summed E-state index contributed by atoms with van der Waals surface area (Å²) in [5.41, 5.74) is 4.27. The van der Waals surface area contributed by atoms with Crippen molar-refractivity contribution in [3.63, 3.8) is 0 Å². The summed E-state index contributed by atoms with van der Waals surface area (Å²) in [4.78, 5) is 17.1. The predicted molar refractivity (Wildman–Crippen MR) is 90.3 cm³/mol. The van der Waals surface area contributed by atoms with Crippen molar-refractivity contribution >= 4 is 16.9 Å². The minimum absolute atomic E-state index is 0.177. The van der Waals surface area contributed by atoms with Crippen LogP contribution >= 0.6 is 0 Å². The van der Waals surface area contributed by atoms with E-state index in [2.05, 4.69) is 21.5 Å². The Labute approximate surface area is 139 Å². The van der Waals surface area contributed by atoms with Gasteiger partial charge in [0.15, 0.2) is 5.65 Å². The lowest BCUT2D eigenvalue weighted by atomic mass is 10.1. The molecule has 0 aliphatic carbocycles. The summed E-state index contributed by atoms with van der Waals surface area (Å²) in [7, 11) is 1.82. The Morgan fingerprint density at radius 2 is 2.12 bits per heavy atom. The standard InChI is InChI=1S/C18H17N5O/c1-11-7-15(16-12(2)22-23(3)17(16)21-11)18(24)20-10-14-6-4-5-13(8-14)9-19/h4-8H,10H2,1-3H3,(H,20,24). The van der Waals surface area contributed by atoms with Crippen molar-refractivity contribution in [2.24, 2.45) is 7.05 Å². The van der Waals surface area contributed by atoms with Gasteiger partial charge >= 0.3 is 0 Å². The van der Waals surface area contributed by atoms with Gasteiger partial charge in [0.05, 0.1) is 28.3 Å². The van der Waals surface area contributed by atoms with Crippen molar-refractivity contribution in [1.29, 1.82) is 5.26 Å². The number of aryl methyl sites for hydroxylation is 3. The van der Waals surface area contributed by atoms with Crippen LogP contribution < -0.4 is 5.32 Å². The molecule has 6 heteroatoms. The Morgan fingerprint density at radius 3 is 2.88 bits per heavy atom. The zero-order valence-corrected chi connectivity index (χ0v) is 13.8. The quantitative estimate of drug-likeness (QED) is 0.803. The van der Waals surface area contributed by atoms with E-state index < -0.39 is 0 Å². The van der Waals surface area contributed by atoms with Crippen LogP contribution in [0.5, 0.6) is 0 Å². The number of carbonyl (C=O) groups is 1. The van der Waals surface area contributed by atoms with Gasteiger partial charge in [-0.3, -0.25) is 9.48 Å². The summed E-state index contributed by atoms with van der Waals surface area (Å²) in [6.07, 6.45) is 0. The summed E-state index contributed by atoms with van der Waals surface area (Å²) in [6, 6.07) is 11.1. The second-order valence-corrected chi connectivity index (χ2v) is 5.71. The van der Waals surface area contributed by atoms with Gasteiger partial charge in [-0.05, 0) is 37.6 Å². The molecule has 0 spiro atoms. The minimum atomic E-state index is -0.177. The molecule has 3 rings (SSSR count). The Balaban J connectivity index is 1.90. The normalized spacial score (nSPS) is 10.6. The first kappa shape index (κ1) is 15.7. The highest BCUT2D eigenvalue weighted by Gasteiger charge is 2.17. The molecule has 24 heavy (non-hydrogen) atoms. The zero-order valence-electron chi connectivity index (χ0n) is 13.8. The van der Waals surface area contributed by atoms with Crippen molar-refractivity contribution in [1.82, 2.24) is 20.1 Å². The average molecular weight is 319 g/mol. The Morgan fingerprint density at radius 1 is 1.33 bits per heavy atom. The number of fused-ring (bicyclic) bond motifs is 1. The molecule has 0 fully saturated rings. The van der Waals surface area contributed by atoms with Gasteiger partial charge in [0, 0.05) is 19.3 Å². The van der Waals surface area contributed by atoms with Gasteiger partial charge < -0.3 is 5.32 Å². The number of pyridine rings is 1. The van der Waals surface area contributed by atoms with E-state index in [1.54, 1.807) is 28.9 Å². The fourth-order valence-electron chi connectivity index (χ4n) is 2.78. The van der Waals surface area contributed by atoms with Gasteiger partial charge in [0.2, 0.25) is 0 Å². The van der Waals surface area contributed by atoms with Crippen molar-refractivity contribution in [3.8, 4) is 6.07 Å². The third-order valence-electron chi connectivity index (χ3n) is 3.85. The molecule has 0 aliphatic heterocycles. The second kappa shape index (κ2) is 6.13. The molecule has 3 aromatic rings. The van der Waals surface area contributed by atoms with Crippen LogP contribution in [-0.4, -0.2) is 20.7 Å². The van der Waals surface area contributed by atoms with Gasteiger partial charge in [0.25, 0.3) is 5.91 Å². The number of hydrogen-bond acceptors (Lipinski definition) is 4. The van der Waals surface area contributed by atoms with Crippen LogP contribution in [0.3, 0.4) is 0 Å². The van der Waals surface area contributed by atoms with Crippen LogP contribution in [0.15, 0.2) is 30.3 Å². The summed E-state index contributed by atoms with van der Waals surface area (Å²) in [5, 5.41) is 17.0. The van der Waals surface area contributed by atoms with Crippen LogP contribution in [0.4, 0.5) is 0 Å². The first-order valence-electron chi connectivity index (χ1n) is 7.58. The maximum absolute atomic E-state index is 12.7. The largest absolute Gasteiger partial charge is 0.348 e. The van der Waals surface area contributed by atoms with Crippen molar-refractivity contribution in [3.05, 3.63) is 58.4 Å². The lowest BCUT2D eigenvalue weighted by molar-refractivity contribution is 0.0952. The molecule has 0 unspecified atom stereocenters. The fourth-order valence-corrected chi connectivity index (χ4v) is 2.78. The maximum atomic E-state index is 12.7. The molecule has 2 heterocycles. The summed E-state index contributed by atoms with van der Waals surface area (Å²) in [5.74, 6) is -0.177. The number of hydrogen-bond donors (Lipinski definition) is 1. The fraction of sp³-hybridized carbons (Fsp3) is 0.222. The van der Waals surface area contributed by atoms with E-state index in [1.807, 2.05) is 27.0 Å². The number of nitrogens with zero attached hydrogens (tertiary/aromatic N) is 4. The lowest BCUT2D eigenvalue weighted by Gasteiger charge is -2.08. The summed E-state index contributed by atoms with van der Waals surface area (Å²) >= 11 is 0. The number of benzene rings is 1. The Kier molecular flexibility index (Phi) is 4.00. The van der Waals surface area contributed by atoms with Gasteiger partial charge in [-0.2, -0.15) is 10.4 Å². The van der Waals surface area contributed by atoms with Crippen LogP contribution in [0.2, 0.25) is 0 Å². The van der Waals surface area contributed by atoms with E-state index in [9.17, 15) is 4.79 Å². The lowest BCUT2D eigenvalue weighted by Crippen LogP contribution is -2.23. The minimum Gasteiger partial charge on any atom is -0.348 e. The van der Waals surface area contributed by atoms with Crippen molar-refractivity contribution < 1.29 is 4.79 Å². The smallest absolute Gasteiger partial charge is 0.252 e. The molecular formula is C18H17N5O. The van der Waals surface area contributed by atoms with Gasteiger partial charge in [-0.1, -0.05) is 12.1 Å². The number of carbonyl (C=O) groups excluding carboxylic acids is 1. The number of aromatic nitrogens is 3. The van der Waals surface area contributed by atoms with Gasteiger partial charge in [-0.25, -0.2) is 4.98 Å². The molecule has 0 atom stereocenters. The number of nitrogens with one attached hydrogen (secondary N) is 1. The molecule has 2 aromatic heterocycles. The van der Waals surface area contributed by atoms with Gasteiger partial charge in [0.1, 0.15) is 0 Å². The predicted octanol–water partition coefficient (Wildman–Crippen LogP) is 2.39. The summed E-state index contributed by atoms with van der Waals surface area (Å²) < 4.78 is 1.69. The SMILES string of the molecule is Cc1cc(C(=O)NCc2cccc(C#N)c2)c2c(C)nn(C)c2n1. The van der Waals surface area contributed by atoms with Crippen LogP contribution in [-0.2, 0) is 13.6 Å². The van der Waals surface area contributed by atoms with E-state index in [0.29, 0.717) is 23.3 Å². The second-order valence-electron chi connectivity index (χ2n) is 5.71. The molecule has 1 aromatic carbocycles. The van der Waals surface area contributed by atoms with E-state index >= 15 is 0 Å². The summed E-state index contributed by atoms with van der Waals surface area (Å²) in [6.45, 7) is 4.08. The monoisotopic (exact) mass is 319 g/mol. The molecular weight excluding hydrogens is 302 g/mol. The first-order chi connectivity index (χ1) is 11.5. The van der Waals surface area contributed by atoms with Crippen LogP contribution in [0.25, 0.3) is 11.0 Å².